The molecule has 0 saturated carbocycles. The quantitative estimate of drug-likeness (QED) is 0.624. The maximum absolute atomic E-state index is 11.6. The lowest BCUT2D eigenvalue weighted by atomic mass is 10.3. The summed E-state index contributed by atoms with van der Waals surface area (Å²) in [5.41, 5.74) is 0. The predicted molar refractivity (Wildman–Crippen MR) is 45.0 cm³/mol. The summed E-state index contributed by atoms with van der Waals surface area (Å²) in [6, 6.07) is 1.92. The van der Waals surface area contributed by atoms with Gasteiger partial charge in [0.1, 0.15) is 5.75 Å². The van der Waals surface area contributed by atoms with Crippen molar-refractivity contribution in [3.63, 3.8) is 0 Å². The molecule has 3 heteroatoms. The third-order valence-corrected chi connectivity index (χ3v) is 1.95. The highest BCUT2D eigenvalue weighted by Gasteiger charge is 1.92. The van der Waals surface area contributed by atoms with E-state index in [-0.39, 0.29) is 6.67 Å². The average Bonchev–Trinajstić information content (AvgIpc) is 2.50. The summed E-state index contributed by atoms with van der Waals surface area (Å²) in [4.78, 5) is 0. The SMILES string of the molecule is FCCCCOc1ccsc1. The number of rotatable bonds is 5. The highest BCUT2D eigenvalue weighted by Crippen LogP contribution is 2.14. The Bertz CT molecular complexity index is 174. The first kappa shape index (κ1) is 8.53. The number of hydrogen-bond acceptors (Lipinski definition) is 2. The summed E-state index contributed by atoms with van der Waals surface area (Å²) in [5.74, 6) is 0.897. The van der Waals surface area contributed by atoms with Crippen LogP contribution in [0.15, 0.2) is 16.8 Å². The van der Waals surface area contributed by atoms with Crippen LogP contribution >= 0.6 is 11.3 Å². The Morgan fingerprint density at radius 1 is 1.45 bits per heavy atom. The van der Waals surface area contributed by atoms with Gasteiger partial charge in [0.2, 0.25) is 0 Å². The van der Waals surface area contributed by atoms with Gasteiger partial charge in [-0.2, -0.15) is 0 Å². The summed E-state index contributed by atoms with van der Waals surface area (Å²) in [6.45, 7) is 0.383. The topological polar surface area (TPSA) is 9.23 Å². The van der Waals surface area contributed by atoms with Gasteiger partial charge in [-0.25, -0.2) is 0 Å². The van der Waals surface area contributed by atoms with Crippen LogP contribution in [0.1, 0.15) is 12.8 Å². The van der Waals surface area contributed by atoms with E-state index in [0.29, 0.717) is 13.0 Å². The number of alkyl halides is 1. The van der Waals surface area contributed by atoms with Gasteiger partial charge in [-0.05, 0) is 24.3 Å². The van der Waals surface area contributed by atoms with Gasteiger partial charge in [0.15, 0.2) is 0 Å². The van der Waals surface area contributed by atoms with Crippen LogP contribution in [-0.2, 0) is 0 Å². The Labute approximate surface area is 69.8 Å². The molecule has 0 aliphatic rings. The van der Waals surface area contributed by atoms with E-state index in [4.69, 9.17) is 4.74 Å². The highest BCUT2D eigenvalue weighted by molar-refractivity contribution is 7.08. The van der Waals surface area contributed by atoms with Gasteiger partial charge in [0.05, 0.1) is 13.3 Å². The molecule has 62 valence electrons. The molecule has 0 bridgehead atoms. The standard InChI is InChI=1S/C8H11FOS/c9-4-1-2-5-10-8-3-6-11-7-8/h3,6-7H,1-2,4-5H2. The smallest absolute Gasteiger partial charge is 0.129 e. The van der Waals surface area contributed by atoms with Crippen LogP contribution in [0.2, 0.25) is 0 Å². The predicted octanol–water partition coefficient (Wildman–Crippen LogP) is 2.88. The van der Waals surface area contributed by atoms with E-state index < -0.39 is 0 Å². The molecule has 1 heterocycles. The molecular weight excluding hydrogens is 163 g/mol. The molecule has 0 amide bonds. The molecule has 1 rings (SSSR count). The minimum Gasteiger partial charge on any atom is -0.493 e. The number of hydrogen-bond donors (Lipinski definition) is 0. The second-order valence-electron chi connectivity index (χ2n) is 2.20. The van der Waals surface area contributed by atoms with Gasteiger partial charge < -0.3 is 4.74 Å². The molecule has 0 aliphatic heterocycles. The molecule has 0 unspecified atom stereocenters. The maximum Gasteiger partial charge on any atom is 0.129 e. The largest absolute Gasteiger partial charge is 0.493 e. The Morgan fingerprint density at radius 2 is 2.36 bits per heavy atom. The molecule has 1 nitrogen and oxygen atoms in total. The van der Waals surface area contributed by atoms with Gasteiger partial charge in [-0.1, -0.05) is 0 Å². The van der Waals surface area contributed by atoms with Gasteiger partial charge in [0.25, 0.3) is 0 Å². The van der Waals surface area contributed by atoms with Crippen LogP contribution in [0.3, 0.4) is 0 Å². The zero-order valence-electron chi connectivity index (χ0n) is 6.25. The summed E-state index contributed by atoms with van der Waals surface area (Å²) < 4.78 is 16.9. The molecule has 0 aliphatic carbocycles. The van der Waals surface area contributed by atoms with Gasteiger partial charge >= 0.3 is 0 Å². The van der Waals surface area contributed by atoms with Crippen molar-refractivity contribution in [2.75, 3.05) is 13.3 Å². The average molecular weight is 174 g/mol. The molecule has 0 radical (unpaired) electrons. The zero-order valence-corrected chi connectivity index (χ0v) is 7.07. The minimum absolute atomic E-state index is 0.243. The van der Waals surface area contributed by atoms with Crippen LogP contribution in [0.5, 0.6) is 5.75 Å². The molecule has 0 atom stereocenters. The summed E-state index contributed by atoms with van der Waals surface area (Å²) in [5, 5.41) is 3.90. The molecule has 0 N–H and O–H groups in total. The highest BCUT2D eigenvalue weighted by atomic mass is 32.1. The zero-order chi connectivity index (χ0) is 7.94. The molecule has 0 saturated heterocycles. The Morgan fingerprint density at radius 3 is 3.00 bits per heavy atom. The summed E-state index contributed by atoms with van der Waals surface area (Å²) in [6.07, 6.45) is 1.40. The van der Waals surface area contributed by atoms with Crippen LogP contribution in [0, 0.1) is 0 Å². The van der Waals surface area contributed by atoms with Crippen molar-refractivity contribution in [3.05, 3.63) is 16.8 Å². The summed E-state index contributed by atoms with van der Waals surface area (Å²) in [7, 11) is 0. The van der Waals surface area contributed by atoms with Crippen molar-refractivity contribution < 1.29 is 9.13 Å². The lowest BCUT2D eigenvalue weighted by Crippen LogP contribution is -1.96. The fourth-order valence-electron chi connectivity index (χ4n) is 0.721. The van der Waals surface area contributed by atoms with E-state index in [1.165, 1.54) is 0 Å². The fraction of sp³-hybridized carbons (Fsp3) is 0.500. The molecule has 0 fully saturated rings. The molecule has 0 spiro atoms. The van der Waals surface area contributed by atoms with Crippen molar-refractivity contribution in [3.8, 4) is 5.75 Å². The van der Waals surface area contributed by atoms with Crippen LogP contribution in [-0.4, -0.2) is 13.3 Å². The third-order valence-electron chi connectivity index (χ3n) is 1.29. The lowest BCUT2D eigenvalue weighted by molar-refractivity contribution is 0.298. The third kappa shape index (κ3) is 3.37. The van der Waals surface area contributed by atoms with Gasteiger partial charge in [-0.3, -0.25) is 4.39 Å². The normalized spacial score (nSPS) is 9.91. The van der Waals surface area contributed by atoms with Crippen molar-refractivity contribution in [2.45, 2.75) is 12.8 Å². The monoisotopic (exact) mass is 174 g/mol. The first-order valence-corrected chi connectivity index (χ1v) is 4.58. The Balaban J connectivity index is 2.04. The van der Waals surface area contributed by atoms with Crippen LogP contribution < -0.4 is 4.74 Å². The van der Waals surface area contributed by atoms with E-state index in [1.54, 1.807) is 11.3 Å². The number of halogens is 1. The van der Waals surface area contributed by atoms with Crippen molar-refractivity contribution in [2.24, 2.45) is 0 Å². The second kappa shape index (κ2) is 5.13. The summed E-state index contributed by atoms with van der Waals surface area (Å²) >= 11 is 1.60. The molecule has 1 aromatic rings. The Hall–Kier alpha value is -0.570. The van der Waals surface area contributed by atoms with E-state index >= 15 is 0 Å². The Kier molecular flexibility index (Phi) is 3.98. The fourth-order valence-corrected chi connectivity index (χ4v) is 1.29. The van der Waals surface area contributed by atoms with Crippen molar-refractivity contribution >= 4 is 11.3 Å². The second-order valence-corrected chi connectivity index (χ2v) is 2.98. The van der Waals surface area contributed by atoms with Gasteiger partial charge in [0, 0.05) is 5.38 Å². The number of thiophene rings is 1. The van der Waals surface area contributed by atoms with Crippen molar-refractivity contribution in [1.29, 1.82) is 0 Å². The number of ether oxygens (including phenoxy) is 1. The maximum atomic E-state index is 11.6. The molecule has 11 heavy (non-hydrogen) atoms. The van der Waals surface area contributed by atoms with Gasteiger partial charge in [-0.15, -0.1) is 11.3 Å². The first-order valence-electron chi connectivity index (χ1n) is 3.64. The van der Waals surface area contributed by atoms with E-state index in [0.717, 1.165) is 12.2 Å². The molecule has 0 aromatic carbocycles. The number of unbranched alkanes of at least 4 members (excludes halogenated alkanes) is 1. The first-order chi connectivity index (χ1) is 5.43. The van der Waals surface area contributed by atoms with Crippen LogP contribution in [0.25, 0.3) is 0 Å². The minimum atomic E-state index is -0.243. The van der Waals surface area contributed by atoms with E-state index in [9.17, 15) is 4.39 Å². The lowest BCUT2D eigenvalue weighted by Gasteiger charge is -2.00. The van der Waals surface area contributed by atoms with Crippen LogP contribution in [0.4, 0.5) is 4.39 Å². The molecular formula is C8H11FOS. The van der Waals surface area contributed by atoms with E-state index in [2.05, 4.69) is 0 Å². The molecule has 1 aromatic heterocycles. The van der Waals surface area contributed by atoms with Crippen molar-refractivity contribution in [1.82, 2.24) is 0 Å². The van der Waals surface area contributed by atoms with E-state index in [1.807, 2.05) is 16.8 Å².